The van der Waals surface area contributed by atoms with Gasteiger partial charge in [0.05, 0.1) is 31.0 Å². The van der Waals surface area contributed by atoms with Crippen LogP contribution < -0.4 is 11.1 Å². The van der Waals surface area contributed by atoms with Crippen LogP contribution >= 0.6 is 0 Å². The molecule has 1 aliphatic carbocycles. The third-order valence-corrected chi connectivity index (χ3v) is 5.08. The fourth-order valence-corrected chi connectivity index (χ4v) is 3.43. The second-order valence-corrected chi connectivity index (χ2v) is 7.11. The highest BCUT2D eigenvalue weighted by molar-refractivity contribution is 6.05. The summed E-state index contributed by atoms with van der Waals surface area (Å²) in [6.45, 7) is 2.42. The average molecular weight is 405 g/mol. The van der Waals surface area contributed by atoms with E-state index in [1.54, 1.807) is 12.1 Å². The molecule has 1 fully saturated rings. The molecule has 1 atom stereocenters. The lowest BCUT2D eigenvalue weighted by Gasteiger charge is -2.30. The fraction of sp³-hybridized carbons (Fsp3) is 0.273. The van der Waals surface area contributed by atoms with Crippen molar-refractivity contribution < 1.29 is 14.3 Å². The molecule has 0 spiro atoms. The highest BCUT2D eigenvalue weighted by atomic mass is 16.5. The van der Waals surface area contributed by atoms with Gasteiger partial charge in [0.1, 0.15) is 0 Å². The van der Waals surface area contributed by atoms with Crippen molar-refractivity contribution in [3.8, 4) is 0 Å². The summed E-state index contributed by atoms with van der Waals surface area (Å²) in [5, 5.41) is 2.77. The molecule has 0 radical (unpaired) electrons. The number of aromatic nitrogens is 2. The first-order valence-electron chi connectivity index (χ1n) is 9.86. The lowest BCUT2D eigenvalue weighted by Crippen LogP contribution is -2.43. The van der Waals surface area contributed by atoms with Gasteiger partial charge in [0.2, 0.25) is 5.91 Å². The van der Waals surface area contributed by atoms with Gasteiger partial charge < -0.3 is 20.7 Å². The lowest BCUT2D eigenvalue weighted by atomic mass is 9.94. The standard InChI is InChI=1S/C22H23N5O3/c23-20-19(21(28)25-17-4-2-1-3-5-17)26-18(14-24-20)15-6-8-16(9-7-15)22(29)27-10-12-30-13-11-27/h1-8,14,16H,9-13H2,(H2,23,24)(H,25,28). The molecule has 2 aromatic rings. The number of carbonyl (C=O) groups is 2. The van der Waals surface area contributed by atoms with Gasteiger partial charge >= 0.3 is 0 Å². The van der Waals surface area contributed by atoms with Crippen LogP contribution in [0, 0.1) is 5.92 Å². The molecular formula is C22H23N5O3. The number of amides is 2. The SMILES string of the molecule is Nc1ncc(C2=CCC(C(=O)N3CCOCC3)C=C2)nc1C(=O)Nc1ccccc1. The second kappa shape index (κ2) is 8.87. The van der Waals surface area contributed by atoms with E-state index in [1.165, 1.54) is 6.20 Å². The number of nitrogens with one attached hydrogen (secondary N) is 1. The molecule has 2 aliphatic rings. The number of para-hydroxylation sites is 1. The Kier molecular flexibility index (Phi) is 5.85. The smallest absolute Gasteiger partial charge is 0.278 e. The number of nitrogens with two attached hydrogens (primary N) is 1. The van der Waals surface area contributed by atoms with E-state index >= 15 is 0 Å². The summed E-state index contributed by atoms with van der Waals surface area (Å²) >= 11 is 0. The quantitative estimate of drug-likeness (QED) is 0.806. The van der Waals surface area contributed by atoms with Crippen LogP contribution in [0.2, 0.25) is 0 Å². The molecule has 1 aliphatic heterocycles. The van der Waals surface area contributed by atoms with Gasteiger partial charge in [0.15, 0.2) is 11.5 Å². The monoisotopic (exact) mass is 405 g/mol. The number of allylic oxidation sites excluding steroid dienone is 3. The molecule has 2 amide bonds. The zero-order valence-corrected chi connectivity index (χ0v) is 16.5. The molecule has 4 rings (SSSR count). The van der Waals surface area contributed by atoms with Crippen molar-refractivity contribution in [3.63, 3.8) is 0 Å². The molecule has 3 N–H and O–H groups in total. The van der Waals surface area contributed by atoms with Gasteiger partial charge in [-0.1, -0.05) is 36.4 Å². The van der Waals surface area contributed by atoms with Gasteiger partial charge in [-0.3, -0.25) is 9.59 Å². The normalized spacial score (nSPS) is 18.6. The number of hydrogen-bond acceptors (Lipinski definition) is 6. The summed E-state index contributed by atoms with van der Waals surface area (Å²) in [6, 6.07) is 9.08. The minimum atomic E-state index is -0.422. The minimum absolute atomic E-state index is 0.0629. The summed E-state index contributed by atoms with van der Waals surface area (Å²) < 4.78 is 5.31. The zero-order chi connectivity index (χ0) is 20.9. The lowest BCUT2D eigenvalue weighted by molar-refractivity contribution is -0.138. The Hall–Kier alpha value is -3.52. The van der Waals surface area contributed by atoms with Crippen LogP contribution in [0.3, 0.4) is 0 Å². The Morgan fingerprint density at radius 1 is 1.17 bits per heavy atom. The number of rotatable bonds is 4. The highest BCUT2D eigenvalue weighted by Gasteiger charge is 2.25. The zero-order valence-electron chi connectivity index (χ0n) is 16.5. The predicted molar refractivity (Wildman–Crippen MR) is 113 cm³/mol. The number of nitrogen functional groups attached to an aromatic ring is 1. The predicted octanol–water partition coefficient (Wildman–Crippen LogP) is 2.13. The van der Waals surface area contributed by atoms with Gasteiger partial charge in [-0.2, -0.15) is 0 Å². The Balaban J connectivity index is 1.46. The molecule has 30 heavy (non-hydrogen) atoms. The highest BCUT2D eigenvalue weighted by Crippen LogP contribution is 2.25. The number of morpholine rings is 1. The molecule has 154 valence electrons. The summed E-state index contributed by atoms with van der Waals surface area (Å²) in [5.41, 5.74) is 7.95. The minimum Gasteiger partial charge on any atom is -0.382 e. The number of benzene rings is 1. The molecule has 1 aromatic heterocycles. The van der Waals surface area contributed by atoms with E-state index < -0.39 is 5.91 Å². The van der Waals surface area contributed by atoms with Crippen LogP contribution in [-0.2, 0) is 9.53 Å². The van der Waals surface area contributed by atoms with Crippen LogP contribution in [0.15, 0.2) is 54.8 Å². The van der Waals surface area contributed by atoms with E-state index in [0.717, 1.165) is 5.57 Å². The third kappa shape index (κ3) is 4.38. The van der Waals surface area contributed by atoms with E-state index in [9.17, 15) is 9.59 Å². The van der Waals surface area contributed by atoms with Gasteiger partial charge in [-0.25, -0.2) is 9.97 Å². The van der Waals surface area contributed by atoms with Crippen LogP contribution in [-0.4, -0.2) is 53.0 Å². The van der Waals surface area contributed by atoms with E-state index in [1.807, 2.05) is 41.3 Å². The first-order chi connectivity index (χ1) is 14.6. The van der Waals surface area contributed by atoms with E-state index in [0.29, 0.717) is 44.1 Å². The fourth-order valence-electron chi connectivity index (χ4n) is 3.43. The summed E-state index contributed by atoms with van der Waals surface area (Å²) in [5.74, 6) is -0.452. The Bertz CT molecular complexity index is 997. The molecule has 0 bridgehead atoms. The van der Waals surface area contributed by atoms with Crippen molar-refractivity contribution in [1.82, 2.24) is 14.9 Å². The molecule has 8 nitrogen and oxygen atoms in total. The molecule has 2 heterocycles. The van der Waals surface area contributed by atoms with E-state index in [4.69, 9.17) is 10.5 Å². The topological polar surface area (TPSA) is 110 Å². The van der Waals surface area contributed by atoms with Crippen molar-refractivity contribution in [2.24, 2.45) is 5.92 Å². The number of hydrogen-bond donors (Lipinski definition) is 2. The van der Waals surface area contributed by atoms with Crippen molar-refractivity contribution in [2.45, 2.75) is 6.42 Å². The maximum atomic E-state index is 12.7. The first-order valence-corrected chi connectivity index (χ1v) is 9.86. The molecule has 8 heteroatoms. The van der Waals surface area contributed by atoms with Gasteiger partial charge in [0.25, 0.3) is 5.91 Å². The Labute approximate surface area is 174 Å². The number of ether oxygens (including phenoxy) is 1. The molecular weight excluding hydrogens is 382 g/mol. The number of nitrogens with zero attached hydrogens (tertiary/aromatic N) is 3. The van der Waals surface area contributed by atoms with Gasteiger partial charge in [-0.15, -0.1) is 0 Å². The van der Waals surface area contributed by atoms with Gasteiger partial charge in [-0.05, 0) is 24.1 Å². The second-order valence-electron chi connectivity index (χ2n) is 7.11. The summed E-state index contributed by atoms with van der Waals surface area (Å²) in [4.78, 5) is 35.6. The maximum Gasteiger partial charge on any atom is 0.278 e. The van der Waals surface area contributed by atoms with E-state index in [-0.39, 0.29) is 23.3 Å². The van der Waals surface area contributed by atoms with Crippen LogP contribution in [0.25, 0.3) is 5.57 Å². The van der Waals surface area contributed by atoms with Crippen molar-refractivity contribution in [1.29, 1.82) is 0 Å². The van der Waals surface area contributed by atoms with Crippen molar-refractivity contribution in [3.05, 3.63) is 66.1 Å². The first kappa shape index (κ1) is 19.8. The van der Waals surface area contributed by atoms with Crippen LogP contribution in [0.1, 0.15) is 22.6 Å². The van der Waals surface area contributed by atoms with Crippen LogP contribution in [0.4, 0.5) is 11.5 Å². The van der Waals surface area contributed by atoms with Crippen LogP contribution in [0.5, 0.6) is 0 Å². The number of anilines is 2. The average Bonchev–Trinajstić information content (AvgIpc) is 2.80. The molecule has 0 saturated carbocycles. The summed E-state index contributed by atoms with van der Waals surface area (Å²) in [7, 11) is 0. The number of carbonyl (C=O) groups excluding carboxylic acids is 2. The third-order valence-electron chi connectivity index (χ3n) is 5.08. The van der Waals surface area contributed by atoms with E-state index in [2.05, 4.69) is 15.3 Å². The Morgan fingerprint density at radius 2 is 1.93 bits per heavy atom. The maximum absolute atomic E-state index is 12.7. The largest absolute Gasteiger partial charge is 0.382 e. The van der Waals surface area contributed by atoms with Gasteiger partial charge in [0, 0.05) is 18.8 Å². The molecule has 1 saturated heterocycles. The molecule has 1 aromatic carbocycles. The van der Waals surface area contributed by atoms with Crippen molar-refractivity contribution in [2.75, 3.05) is 37.4 Å². The molecule has 1 unspecified atom stereocenters. The summed E-state index contributed by atoms with van der Waals surface area (Å²) in [6.07, 6.45) is 7.79. The van der Waals surface area contributed by atoms with Crippen molar-refractivity contribution >= 4 is 28.9 Å². The Morgan fingerprint density at radius 3 is 2.63 bits per heavy atom.